The fraction of sp³-hybridized carbons (Fsp3) is 0.571. The first-order valence-corrected chi connectivity index (χ1v) is 7.81. The molecule has 3 rings (SSSR count). The zero-order chi connectivity index (χ0) is 14.0. The van der Waals surface area contributed by atoms with Crippen LogP contribution in [0.3, 0.4) is 0 Å². The molecule has 1 aliphatic rings. The van der Waals surface area contributed by atoms with E-state index < -0.39 is 0 Å². The standard InChI is InChI=1S/C14H19N3O2S/c1-14(10-18)4-2-5-17(9-14)7-12-15-13(19-16-12)11-3-6-20-8-11/h3,6,8,18H,2,4-5,7,9-10H2,1H3. The third-order valence-corrected chi connectivity index (χ3v) is 4.53. The van der Waals surface area contributed by atoms with Gasteiger partial charge in [-0.3, -0.25) is 4.90 Å². The molecule has 108 valence electrons. The Morgan fingerprint density at radius 2 is 2.45 bits per heavy atom. The van der Waals surface area contributed by atoms with Gasteiger partial charge in [0.2, 0.25) is 0 Å². The SMILES string of the molecule is CC1(CO)CCCN(Cc2noc(-c3ccsc3)n2)C1. The molecule has 6 heteroatoms. The van der Waals surface area contributed by atoms with Crippen LogP contribution in [0.5, 0.6) is 0 Å². The van der Waals surface area contributed by atoms with E-state index in [9.17, 15) is 5.11 Å². The Kier molecular flexibility index (Phi) is 3.87. The number of nitrogens with zero attached hydrogens (tertiary/aromatic N) is 3. The molecule has 1 N–H and O–H groups in total. The van der Waals surface area contributed by atoms with Gasteiger partial charge in [0.25, 0.3) is 5.89 Å². The van der Waals surface area contributed by atoms with Crippen LogP contribution in [0, 0.1) is 5.41 Å². The number of piperidine rings is 1. The van der Waals surface area contributed by atoms with Crippen LogP contribution in [-0.2, 0) is 6.54 Å². The summed E-state index contributed by atoms with van der Waals surface area (Å²) in [4.78, 5) is 6.74. The number of hydrogen-bond acceptors (Lipinski definition) is 6. The van der Waals surface area contributed by atoms with E-state index in [1.165, 1.54) is 0 Å². The van der Waals surface area contributed by atoms with Crippen LogP contribution in [0.15, 0.2) is 21.3 Å². The smallest absolute Gasteiger partial charge is 0.258 e. The second kappa shape index (κ2) is 5.63. The molecule has 0 saturated carbocycles. The van der Waals surface area contributed by atoms with Gasteiger partial charge in [-0.1, -0.05) is 12.1 Å². The Morgan fingerprint density at radius 3 is 3.20 bits per heavy atom. The molecule has 20 heavy (non-hydrogen) atoms. The molecule has 0 aliphatic carbocycles. The first-order chi connectivity index (χ1) is 9.68. The fourth-order valence-electron chi connectivity index (χ4n) is 2.71. The van der Waals surface area contributed by atoms with Crippen molar-refractivity contribution >= 4 is 11.3 Å². The minimum Gasteiger partial charge on any atom is -0.396 e. The summed E-state index contributed by atoms with van der Waals surface area (Å²) in [5.74, 6) is 1.30. The van der Waals surface area contributed by atoms with Crippen LogP contribution in [0.4, 0.5) is 0 Å². The molecule has 1 atom stereocenters. The first-order valence-electron chi connectivity index (χ1n) is 6.87. The highest BCUT2D eigenvalue weighted by Crippen LogP contribution is 2.29. The third-order valence-electron chi connectivity index (χ3n) is 3.84. The van der Waals surface area contributed by atoms with Gasteiger partial charge in [-0.15, -0.1) is 0 Å². The van der Waals surface area contributed by atoms with Crippen molar-refractivity contribution in [2.45, 2.75) is 26.3 Å². The Bertz CT molecular complexity index is 555. The minimum absolute atomic E-state index is 0.00181. The van der Waals surface area contributed by atoms with Crippen LogP contribution >= 0.6 is 11.3 Å². The molecule has 1 saturated heterocycles. The molecular formula is C14H19N3O2S. The van der Waals surface area contributed by atoms with E-state index in [-0.39, 0.29) is 12.0 Å². The number of likely N-dealkylation sites (tertiary alicyclic amines) is 1. The number of aliphatic hydroxyl groups is 1. The lowest BCUT2D eigenvalue weighted by Crippen LogP contribution is -2.43. The van der Waals surface area contributed by atoms with Gasteiger partial charge in [0.05, 0.1) is 12.1 Å². The van der Waals surface area contributed by atoms with Crippen LogP contribution < -0.4 is 0 Å². The van der Waals surface area contributed by atoms with Crippen LogP contribution in [-0.4, -0.2) is 39.8 Å². The minimum atomic E-state index is -0.00181. The second-order valence-electron chi connectivity index (χ2n) is 5.81. The summed E-state index contributed by atoms with van der Waals surface area (Å²) in [6.07, 6.45) is 2.18. The summed E-state index contributed by atoms with van der Waals surface area (Å²) < 4.78 is 5.30. The summed E-state index contributed by atoms with van der Waals surface area (Å²) in [6, 6.07) is 1.98. The Morgan fingerprint density at radius 1 is 1.55 bits per heavy atom. The van der Waals surface area contributed by atoms with Gasteiger partial charge >= 0.3 is 0 Å². The van der Waals surface area contributed by atoms with E-state index in [2.05, 4.69) is 22.0 Å². The molecule has 5 nitrogen and oxygen atoms in total. The molecule has 2 aromatic heterocycles. The Balaban J connectivity index is 1.66. The molecule has 0 spiro atoms. The van der Waals surface area contributed by atoms with Gasteiger partial charge in [0.15, 0.2) is 5.82 Å². The Labute approximate surface area is 122 Å². The Hall–Kier alpha value is -1.24. The van der Waals surface area contributed by atoms with Crippen LogP contribution in [0.1, 0.15) is 25.6 Å². The van der Waals surface area contributed by atoms with E-state index in [1.807, 2.05) is 16.8 Å². The lowest BCUT2D eigenvalue weighted by Gasteiger charge is -2.38. The number of thiophene rings is 1. The topological polar surface area (TPSA) is 62.4 Å². The van der Waals surface area contributed by atoms with E-state index in [0.29, 0.717) is 18.3 Å². The normalized spacial score (nSPS) is 24.1. The molecule has 1 unspecified atom stereocenters. The van der Waals surface area contributed by atoms with Crippen molar-refractivity contribution < 1.29 is 9.63 Å². The van der Waals surface area contributed by atoms with Gasteiger partial charge in [0.1, 0.15) is 0 Å². The first kappa shape index (κ1) is 13.7. The molecule has 0 amide bonds. The predicted octanol–water partition coefficient (Wildman–Crippen LogP) is 2.39. The van der Waals surface area contributed by atoms with Crippen molar-refractivity contribution in [2.24, 2.45) is 5.41 Å². The maximum absolute atomic E-state index is 9.49. The zero-order valence-electron chi connectivity index (χ0n) is 11.6. The average molecular weight is 293 g/mol. The number of rotatable bonds is 4. The van der Waals surface area contributed by atoms with Crippen LogP contribution in [0.25, 0.3) is 11.5 Å². The molecule has 1 fully saturated rings. The molecule has 3 heterocycles. The average Bonchev–Trinajstić information content (AvgIpc) is 3.09. The van der Waals surface area contributed by atoms with Gasteiger partial charge in [0, 0.05) is 23.9 Å². The maximum Gasteiger partial charge on any atom is 0.258 e. The van der Waals surface area contributed by atoms with Gasteiger partial charge in [-0.05, 0) is 30.8 Å². The largest absolute Gasteiger partial charge is 0.396 e. The highest BCUT2D eigenvalue weighted by atomic mass is 32.1. The molecule has 0 radical (unpaired) electrons. The molecule has 0 bridgehead atoms. The summed E-state index contributed by atoms with van der Waals surface area (Å²) in [7, 11) is 0. The highest BCUT2D eigenvalue weighted by molar-refractivity contribution is 7.08. The van der Waals surface area contributed by atoms with Gasteiger partial charge in [-0.2, -0.15) is 16.3 Å². The summed E-state index contributed by atoms with van der Waals surface area (Å²) in [5, 5.41) is 17.5. The number of aromatic nitrogens is 2. The van der Waals surface area contributed by atoms with Crippen molar-refractivity contribution in [3.63, 3.8) is 0 Å². The van der Waals surface area contributed by atoms with E-state index in [4.69, 9.17) is 4.52 Å². The lowest BCUT2D eigenvalue weighted by atomic mass is 9.83. The molecule has 0 aromatic carbocycles. The van der Waals surface area contributed by atoms with Crippen molar-refractivity contribution in [2.75, 3.05) is 19.7 Å². The monoisotopic (exact) mass is 293 g/mol. The lowest BCUT2D eigenvalue weighted by molar-refractivity contribution is 0.0414. The fourth-order valence-corrected chi connectivity index (χ4v) is 3.34. The summed E-state index contributed by atoms with van der Waals surface area (Å²) in [5.41, 5.74) is 0.977. The van der Waals surface area contributed by atoms with Crippen LogP contribution in [0.2, 0.25) is 0 Å². The van der Waals surface area contributed by atoms with E-state index >= 15 is 0 Å². The number of hydrogen-bond donors (Lipinski definition) is 1. The van der Waals surface area contributed by atoms with Crippen molar-refractivity contribution in [3.8, 4) is 11.5 Å². The van der Waals surface area contributed by atoms with Crippen molar-refractivity contribution in [3.05, 3.63) is 22.7 Å². The number of aliphatic hydroxyl groups excluding tert-OH is 1. The van der Waals surface area contributed by atoms with E-state index in [0.717, 1.165) is 31.5 Å². The quantitative estimate of drug-likeness (QED) is 0.938. The highest BCUT2D eigenvalue weighted by Gasteiger charge is 2.30. The molecule has 2 aromatic rings. The summed E-state index contributed by atoms with van der Waals surface area (Å²) in [6.45, 7) is 4.95. The molecular weight excluding hydrogens is 274 g/mol. The van der Waals surface area contributed by atoms with E-state index in [1.54, 1.807) is 11.3 Å². The van der Waals surface area contributed by atoms with Crippen molar-refractivity contribution in [1.29, 1.82) is 0 Å². The van der Waals surface area contributed by atoms with Gasteiger partial charge in [-0.25, -0.2) is 0 Å². The predicted molar refractivity (Wildman–Crippen MR) is 77.3 cm³/mol. The second-order valence-corrected chi connectivity index (χ2v) is 6.59. The maximum atomic E-state index is 9.49. The molecule has 1 aliphatic heterocycles. The van der Waals surface area contributed by atoms with Crippen molar-refractivity contribution in [1.82, 2.24) is 15.0 Å². The zero-order valence-corrected chi connectivity index (χ0v) is 12.4. The summed E-state index contributed by atoms with van der Waals surface area (Å²) >= 11 is 1.62. The van der Waals surface area contributed by atoms with Gasteiger partial charge < -0.3 is 9.63 Å². The third kappa shape index (κ3) is 2.92.